The maximum atomic E-state index is 11.8. The van der Waals surface area contributed by atoms with Crippen LogP contribution in [-0.4, -0.2) is 16.1 Å². The number of hydrogen-bond donors (Lipinski definition) is 1. The number of aromatic nitrogens is 1. The molecule has 0 unspecified atom stereocenters. The zero-order valence-corrected chi connectivity index (χ0v) is 12.0. The van der Waals surface area contributed by atoms with Crippen LogP contribution >= 0.6 is 0 Å². The van der Waals surface area contributed by atoms with E-state index in [9.17, 15) is 9.90 Å². The molecule has 1 aromatic heterocycles. The number of benzene rings is 1. The number of rotatable bonds is 1. The molecule has 2 aromatic rings. The van der Waals surface area contributed by atoms with Crippen LogP contribution in [0.4, 0.5) is 0 Å². The summed E-state index contributed by atoms with van der Waals surface area (Å²) >= 11 is 0. The molecule has 1 aliphatic carbocycles. The average molecular weight is 269 g/mol. The summed E-state index contributed by atoms with van der Waals surface area (Å²) in [6.45, 7) is 3.97. The molecule has 3 rings (SSSR count). The van der Waals surface area contributed by atoms with Gasteiger partial charge in [-0.15, -0.1) is 0 Å². The standard InChI is InChI=1S/C17H19NO2/c1-10-8-9-11(2)16-14(10)15(17(19)20)12-6-4-3-5-7-13(12)18-16/h8-9H,3-7H2,1-2H3,(H,19,20). The first-order chi connectivity index (χ1) is 9.59. The van der Waals surface area contributed by atoms with Crippen molar-refractivity contribution in [3.63, 3.8) is 0 Å². The maximum absolute atomic E-state index is 11.8. The van der Waals surface area contributed by atoms with Crippen LogP contribution in [0.5, 0.6) is 0 Å². The smallest absolute Gasteiger partial charge is 0.336 e. The molecule has 3 nitrogen and oxygen atoms in total. The largest absolute Gasteiger partial charge is 0.478 e. The maximum Gasteiger partial charge on any atom is 0.336 e. The monoisotopic (exact) mass is 269 g/mol. The van der Waals surface area contributed by atoms with Crippen molar-refractivity contribution < 1.29 is 9.90 Å². The molecular weight excluding hydrogens is 250 g/mol. The lowest BCUT2D eigenvalue weighted by molar-refractivity contribution is 0.0697. The Bertz CT molecular complexity index is 704. The van der Waals surface area contributed by atoms with E-state index < -0.39 is 5.97 Å². The number of fused-ring (bicyclic) bond motifs is 2. The second kappa shape index (κ2) is 4.89. The number of aryl methyl sites for hydroxylation is 3. The van der Waals surface area contributed by atoms with E-state index in [1.54, 1.807) is 0 Å². The van der Waals surface area contributed by atoms with Crippen LogP contribution in [0.2, 0.25) is 0 Å². The Hall–Kier alpha value is -1.90. The van der Waals surface area contributed by atoms with Crippen molar-refractivity contribution in [3.05, 3.63) is 40.1 Å². The molecule has 20 heavy (non-hydrogen) atoms. The number of carbonyl (C=O) groups is 1. The highest BCUT2D eigenvalue weighted by Crippen LogP contribution is 2.31. The van der Waals surface area contributed by atoms with Crippen molar-refractivity contribution in [2.75, 3.05) is 0 Å². The van der Waals surface area contributed by atoms with Gasteiger partial charge in [0.25, 0.3) is 0 Å². The summed E-state index contributed by atoms with van der Waals surface area (Å²) in [5.74, 6) is -0.816. The Kier molecular flexibility index (Phi) is 3.20. The zero-order chi connectivity index (χ0) is 14.3. The molecule has 1 aliphatic rings. The molecule has 3 heteroatoms. The lowest BCUT2D eigenvalue weighted by atomic mass is 9.93. The summed E-state index contributed by atoms with van der Waals surface area (Å²) in [6, 6.07) is 4.02. The summed E-state index contributed by atoms with van der Waals surface area (Å²) in [4.78, 5) is 16.7. The second-order valence-electron chi connectivity index (χ2n) is 5.70. The fraction of sp³-hybridized carbons (Fsp3) is 0.412. The SMILES string of the molecule is Cc1ccc(C)c2c(C(=O)O)c3c(nc12)CCCCC3. The van der Waals surface area contributed by atoms with Crippen LogP contribution in [0.1, 0.15) is 52.0 Å². The molecule has 0 atom stereocenters. The average Bonchev–Trinajstić information content (AvgIpc) is 2.65. The minimum Gasteiger partial charge on any atom is -0.478 e. The Morgan fingerprint density at radius 2 is 1.80 bits per heavy atom. The van der Waals surface area contributed by atoms with Crippen molar-refractivity contribution in [1.82, 2.24) is 4.98 Å². The van der Waals surface area contributed by atoms with Gasteiger partial charge in [0.05, 0.1) is 11.1 Å². The molecule has 0 saturated carbocycles. The first kappa shape index (κ1) is 13.1. The number of pyridine rings is 1. The highest BCUT2D eigenvalue weighted by molar-refractivity contribution is 6.06. The summed E-state index contributed by atoms with van der Waals surface area (Å²) in [5, 5.41) is 10.5. The van der Waals surface area contributed by atoms with E-state index in [1.165, 1.54) is 0 Å². The molecule has 0 bridgehead atoms. The third-order valence-electron chi connectivity index (χ3n) is 4.29. The van der Waals surface area contributed by atoms with E-state index in [4.69, 9.17) is 4.98 Å². The van der Waals surface area contributed by atoms with E-state index in [1.807, 2.05) is 26.0 Å². The number of carboxylic acid groups (broad SMARTS) is 1. The fourth-order valence-corrected chi connectivity index (χ4v) is 3.24. The van der Waals surface area contributed by atoms with Crippen molar-refractivity contribution in [2.24, 2.45) is 0 Å². The summed E-state index contributed by atoms with van der Waals surface area (Å²) in [6.07, 6.45) is 5.07. The lowest BCUT2D eigenvalue weighted by Crippen LogP contribution is -2.10. The fourth-order valence-electron chi connectivity index (χ4n) is 3.24. The predicted octanol–water partition coefficient (Wildman–Crippen LogP) is 3.82. The van der Waals surface area contributed by atoms with Gasteiger partial charge in [-0.25, -0.2) is 4.79 Å². The van der Waals surface area contributed by atoms with Crippen LogP contribution < -0.4 is 0 Å². The van der Waals surface area contributed by atoms with Gasteiger partial charge in [-0.1, -0.05) is 18.6 Å². The van der Waals surface area contributed by atoms with Gasteiger partial charge in [-0.05, 0) is 56.2 Å². The van der Waals surface area contributed by atoms with Crippen molar-refractivity contribution in [3.8, 4) is 0 Å². The van der Waals surface area contributed by atoms with E-state index >= 15 is 0 Å². The lowest BCUT2D eigenvalue weighted by Gasteiger charge is -2.15. The predicted molar refractivity (Wildman–Crippen MR) is 79.4 cm³/mol. The zero-order valence-electron chi connectivity index (χ0n) is 12.0. The Balaban J connectivity index is 2.46. The molecule has 104 valence electrons. The first-order valence-corrected chi connectivity index (χ1v) is 7.24. The van der Waals surface area contributed by atoms with Crippen molar-refractivity contribution in [1.29, 1.82) is 0 Å². The van der Waals surface area contributed by atoms with Crippen LogP contribution in [0.15, 0.2) is 12.1 Å². The number of nitrogens with zero attached hydrogens (tertiary/aromatic N) is 1. The quantitative estimate of drug-likeness (QED) is 0.801. The molecule has 1 aromatic carbocycles. The van der Waals surface area contributed by atoms with Gasteiger partial charge >= 0.3 is 5.97 Å². The van der Waals surface area contributed by atoms with Gasteiger partial charge < -0.3 is 5.11 Å². The number of aromatic carboxylic acids is 1. The molecule has 0 radical (unpaired) electrons. The molecule has 1 N–H and O–H groups in total. The van der Waals surface area contributed by atoms with Gasteiger partial charge in [0.2, 0.25) is 0 Å². The van der Waals surface area contributed by atoms with Crippen molar-refractivity contribution >= 4 is 16.9 Å². The van der Waals surface area contributed by atoms with E-state index in [-0.39, 0.29) is 0 Å². The molecular formula is C17H19NO2. The van der Waals surface area contributed by atoms with Crippen LogP contribution in [-0.2, 0) is 12.8 Å². The summed E-state index contributed by atoms with van der Waals surface area (Å²) in [5.41, 5.74) is 5.39. The molecule has 0 aliphatic heterocycles. The number of hydrogen-bond acceptors (Lipinski definition) is 2. The topological polar surface area (TPSA) is 50.2 Å². The highest BCUT2D eigenvalue weighted by Gasteiger charge is 2.22. The van der Waals surface area contributed by atoms with Crippen LogP contribution in [0.25, 0.3) is 10.9 Å². The summed E-state index contributed by atoms with van der Waals surface area (Å²) < 4.78 is 0. The minimum atomic E-state index is -0.816. The highest BCUT2D eigenvalue weighted by atomic mass is 16.4. The first-order valence-electron chi connectivity index (χ1n) is 7.24. The molecule has 0 fully saturated rings. The second-order valence-corrected chi connectivity index (χ2v) is 5.70. The van der Waals surface area contributed by atoms with Crippen molar-refractivity contribution in [2.45, 2.75) is 46.0 Å². The van der Waals surface area contributed by atoms with Gasteiger partial charge in [0, 0.05) is 11.1 Å². The van der Waals surface area contributed by atoms with Crippen LogP contribution in [0, 0.1) is 13.8 Å². The van der Waals surface area contributed by atoms with Gasteiger partial charge in [0.1, 0.15) is 0 Å². The minimum absolute atomic E-state index is 0.494. The molecule has 0 spiro atoms. The Labute approximate surface area is 118 Å². The van der Waals surface area contributed by atoms with E-state index in [0.29, 0.717) is 5.56 Å². The van der Waals surface area contributed by atoms with Gasteiger partial charge in [-0.2, -0.15) is 0 Å². The molecule has 0 amide bonds. The Morgan fingerprint density at radius 1 is 1.10 bits per heavy atom. The Morgan fingerprint density at radius 3 is 2.55 bits per heavy atom. The van der Waals surface area contributed by atoms with Gasteiger partial charge in [0.15, 0.2) is 0 Å². The third-order valence-corrected chi connectivity index (χ3v) is 4.29. The van der Waals surface area contributed by atoms with E-state index in [2.05, 4.69) is 0 Å². The van der Waals surface area contributed by atoms with Crippen LogP contribution in [0.3, 0.4) is 0 Å². The molecule has 1 heterocycles. The summed E-state index contributed by atoms with van der Waals surface area (Å²) in [7, 11) is 0. The third kappa shape index (κ3) is 1.98. The van der Waals surface area contributed by atoms with E-state index in [0.717, 1.165) is 65.4 Å². The van der Waals surface area contributed by atoms with Gasteiger partial charge in [-0.3, -0.25) is 4.98 Å². The normalized spacial score (nSPS) is 14.9. The number of carboxylic acids is 1. The molecule has 0 saturated heterocycles.